The molecule has 65 heavy (non-hydrogen) atoms. The van der Waals surface area contributed by atoms with E-state index in [1.807, 2.05) is 6.08 Å². The summed E-state index contributed by atoms with van der Waals surface area (Å²) in [5, 5.41) is 23.1. The number of amides is 1. The molecule has 0 aromatic heterocycles. The molecule has 0 aromatic rings. The number of nitrogens with one attached hydrogen (secondary N) is 1. The van der Waals surface area contributed by atoms with Crippen molar-refractivity contribution in [2.75, 3.05) is 6.61 Å². The highest BCUT2D eigenvalue weighted by molar-refractivity contribution is 5.76. The van der Waals surface area contributed by atoms with E-state index in [0.717, 1.165) is 25.7 Å². The normalized spacial score (nSPS) is 12.9. The molecule has 1 amide bonds. The van der Waals surface area contributed by atoms with E-state index in [2.05, 4.69) is 31.3 Å². The predicted octanol–water partition coefficient (Wildman–Crippen LogP) is 19.9. The Labute approximate surface area is 409 Å². The second-order valence-electron chi connectivity index (χ2n) is 20.8. The lowest BCUT2D eigenvalue weighted by atomic mass is 10.0. The van der Waals surface area contributed by atoms with Crippen LogP contribution in [0.3, 0.4) is 0 Å². The molecule has 4 heteroatoms. The Morgan fingerprint density at radius 1 is 0.354 bits per heavy atom. The van der Waals surface area contributed by atoms with Crippen LogP contribution in [0.1, 0.15) is 341 Å². The summed E-state index contributed by atoms with van der Waals surface area (Å²) < 4.78 is 0. The van der Waals surface area contributed by atoms with Gasteiger partial charge >= 0.3 is 0 Å². The first-order valence-corrected chi connectivity index (χ1v) is 30.1. The summed E-state index contributed by atoms with van der Waals surface area (Å²) >= 11 is 0. The third-order valence-electron chi connectivity index (χ3n) is 14.2. The van der Waals surface area contributed by atoms with Crippen molar-refractivity contribution in [2.24, 2.45) is 0 Å². The number of carbonyl (C=O) groups is 1. The van der Waals surface area contributed by atoms with Crippen molar-refractivity contribution < 1.29 is 15.0 Å². The van der Waals surface area contributed by atoms with Crippen molar-refractivity contribution in [2.45, 2.75) is 353 Å². The van der Waals surface area contributed by atoms with Gasteiger partial charge in [-0.2, -0.15) is 0 Å². The van der Waals surface area contributed by atoms with Gasteiger partial charge in [0.15, 0.2) is 0 Å². The summed E-state index contributed by atoms with van der Waals surface area (Å²) in [6, 6.07) is -0.619. The van der Waals surface area contributed by atoms with Crippen molar-refractivity contribution in [3.05, 3.63) is 24.3 Å². The molecule has 3 N–H and O–H groups in total. The van der Waals surface area contributed by atoms with Crippen LogP contribution < -0.4 is 5.32 Å². The Balaban J connectivity index is 3.37. The smallest absolute Gasteiger partial charge is 0.220 e. The van der Waals surface area contributed by atoms with E-state index in [4.69, 9.17) is 0 Å². The van der Waals surface area contributed by atoms with Gasteiger partial charge in [0, 0.05) is 6.42 Å². The molecule has 0 heterocycles. The maximum absolute atomic E-state index is 12.4. The SMILES string of the molecule is CCCCCCCCCCCCCC/C=C/C(O)C(CO)NC(=O)CCCCCCCCCCCCCCCCCCC/C=C\CCCCCCCCCCCCCCCCCCCC. The lowest BCUT2D eigenvalue weighted by molar-refractivity contribution is -0.123. The first-order valence-electron chi connectivity index (χ1n) is 30.1. The summed E-state index contributed by atoms with van der Waals surface area (Å²) in [5.41, 5.74) is 0. The molecule has 2 atom stereocenters. The fraction of sp³-hybridized carbons (Fsp3) is 0.918. The van der Waals surface area contributed by atoms with E-state index in [0.29, 0.717) is 6.42 Å². The third kappa shape index (κ3) is 53.7. The zero-order chi connectivity index (χ0) is 47.0. The number of aliphatic hydroxyl groups is 2. The monoisotopic (exact) mass is 914 g/mol. The second-order valence-corrected chi connectivity index (χ2v) is 20.8. The molecule has 2 unspecified atom stereocenters. The van der Waals surface area contributed by atoms with E-state index < -0.39 is 12.1 Å². The number of rotatable bonds is 56. The van der Waals surface area contributed by atoms with Gasteiger partial charge < -0.3 is 15.5 Å². The number of carbonyl (C=O) groups excluding carboxylic acids is 1. The predicted molar refractivity (Wildman–Crippen MR) is 290 cm³/mol. The maximum Gasteiger partial charge on any atom is 0.220 e. The van der Waals surface area contributed by atoms with Crippen LogP contribution >= 0.6 is 0 Å². The first kappa shape index (κ1) is 63.9. The Bertz CT molecular complexity index is 947. The van der Waals surface area contributed by atoms with Crippen LogP contribution in [0.5, 0.6) is 0 Å². The lowest BCUT2D eigenvalue weighted by Crippen LogP contribution is -2.45. The molecule has 0 radical (unpaired) electrons. The molecule has 0 saturated carbocycles. The van der Waals surface area contributed by atoms with Crippen LogP contribution in [-0.2, 0) is 4.79 Å². The fourth-order valence-electron chi connectivity index (χ4n) is 9.59. The number of allylic oxidation sites excluding steroid dienone is 3. The third-order valence-corrected chi connectivity index (χ3v) is 14.2. The minimum absolute atomic E-state index is 0.0586. The summed E-state index contributed by atoms with van der Waals surface area (Å²) in [7, 11) is 0. The average molecular weight is 915 g/mol. The van der Waals surface area contributed by atoms with Crippen molar-refractivity contribution in [3.8, 4) is 0 Å². The Morgan fingerprint density at radius 2 is 0.585 bits per heavy atom. The molecule has 0 bridgehead atoms. The number of unbranched alkanes of at least 4 members (excludes halogenated alkanes) is 47. The molecular formula is C61H119NO3. The van der Waals surface area contributed by atoms with Crippen LogP contribution in [0.25, 0.3) is 0 Å². The number of hydrogen-bond acceptors (Lipinski definition) is 3. The highest BCUT2D eigenvalue weighted by Crippen LogP contribution is 2.18. The van der Waals surface area contributed by atoms with Crippen LogP contribution in [0, 0.1) is 0 Å². The summed E-state index contributed by atoms with van der Waals surface area (Å²) in [4.78, 5) is 12.4. The van der Waals surface area contributed by atoms with Gasteiger partial charge in [-0.25, -0.2) is 0 Å². The number of hydrogen-bond donors (Lipinski definition) is 3. The Kier molecular flexibility index (Phi) is 56.2. The minimum Gasteiger partial charge on any atom is -0.394 e. The molecule has 4 nitrogen and oxygen atoms in total. The highest BCUT2D eigenvalue weighted by atomic mass is 16.3. The van der Waals surface area contributed by atoms with Gasteiger partial charge in [0.05, 0.1) is 18.8 Å². The summed E-state index contributed by atoms with van der Waals surface area (Å²) in [6.45, 7) is 4.34. The van der Waals surface area contributed by atoms with E-state index in [1.54, 1.807) is 6.08 Å². The Hall–Kier alpha value is -1.13. The topological polar surface area (TPSA) is 69.6 Å². The second kappa shape index (κ2) is 57.2. The quantitative estimate of drug-likeness (QED) is 0.0421. The van der Waals surface area contributed by atoms with Crippen molar-refractivity contribution in [3.63, 3.8) is 0 Å². The van der Waals surface area contributed by atoms with E-state index in [-0.39, 0.29) is 12.5 Å². The van der Waals surface area contributed by atoms with Crippen LogP contribution in [0.4, 0.5) is 0 Å². The average Bonchev–Trinajstić information content (AvgIpc) is 3.31. The molecule has 0 saturated heterocycles. The lowest BCUT2D eigenvalue weighted by Gasteiger charge is -2.20. The zero-order valence-corrected chi connectivity index (χ0v) is 44.5. The first-order chi connectivity index (χ1) is 32.2. The van der Waals surface area contributed by atoms with Gasteiger partial charge in [-0.15, -0.1) is 0 Å². The molecule has 0 aliphatic rings. The molecule has 0 spiro atoms. The van der Waals surface area contributed by atoms with Gasteiger partial charge in [-0.1, -0.05) is 314 Å². The van der Waals surface area contributed by atoms with E-state index in [9.17, 15) is 15.0 Å². The van der Waals surface area contributed by atoms with Crippen LogP contribution in [0.15, 0.2) is 24.3 Å². The van der Waals surface area contributed by atoms with Gasteiger partial charge in [-0.3, -0.25) is 4.79 Å². The Morgan fingerprint density at radius 3 is 0.846 bits per heavy atom. The molecule has 0 rings (SSSR count). The molecule has 0 aliphatic carbocycles. The van der Waals surface area contributed by atoms with Crippen LogP contribution in [-0.4, -0.2) is 34.9 Å². The largest absolute Gasteiger partial charge is 0.394 e. The molecule has 0 aliphatic heterocycles. The fourth-order valence-corrected chi connectivity index (χ4v) is 9.59. The standard InChI is InChI=1S/C61H119NO3/c1-3-5-7-9-11-13-15-17-19-20-21-22-23-24-25-26-27-28-29-30-31-32-33-34-35-36-37-38-39-40-41-42-43-45-47-49-51-53-55-57-61(65)62-59(58-63)60(64)56-54-52-50-48-46-44-18-16-14-12-10-8-6-4-2/h30-31,54,56,59-60,63-64H,3-29,32-53,55,57-58H2,1-2H3,(H,62,65)/b31-30-,56-54+. The maximum atomic E-state index is 12.4. The van der Waals surface area contributed by atoms with Gasteiger partial charge in [0.2, 0.25) is 5.91 Å². The van der Waals surface area contributed by atoms with Crippen molar-refractivity contribution >= 4 is 5.91 Å². The van der Waals surface area contributed by atoms with Gasteiger partial charge in [-0.05, 0) is 44.9 Å². The molecule has 386 valence electrons. The molecule has 0 fully saturated rings. The van der Waals surface area contributed by atoms with Gasteiger partial charge in [0.25, 0.3) is 0 Å². The molecule has 0 aromatic carbocycles. The zero-order valence-electron chi connectivity index (χ0n) is 44.5. The van der Waals surface area contributed by atoms with E-state index in [1.165, 1.54) is 295 Å². The van der Waals surface area contributed by atoms with E-state index >= 15 is 0 Å². The molecular weight excluding hydrogens is 795 g/mol. The summed E-state index contributed by atoms with van der Waals surface area (Å²) in [6.07, 6.45) is 76.6. The van der Waals surface area contributed by atoms with Crippen molar-refractivity contribution in [1.82, 2.24) is 5.32 Å². The van der Waals surface area contributed by atoms with Crippen molar-refractivity contribution in [1.29, 1.82) is 0 Å². The summed E-state index contributed by atoms with van der Waals surface area (Å²) in [5.74, 6) is -0.0586. The van der Waals surface area contributed by atoms with Gasteiger partial charge in [0.1, 0.15) is 0 Å². The van der Waals surface area contributed by atoms with Crippen LogP contribution in [0.2, 0.25) is 0 Å². The number of aliphatic hydroxyl groups excluding tert-OH is 2. The minimum atomic E-state index is -0.836. The highest BCUT2D eigenvalue weighted by Gasteiger charge is 2.18.